The normalized spacial score (nSPS) is 17.9. The summed E-state index contributed by atoms with van der Waals surface area (Å²) in [6.45, 7) is 5.69. The molecule has 0 spiro atoms. The molecule has 1 aliphatic carbocycles. The summed E-state index contributed by atoms with van der Waals surface area (Å²) in [5, 5.41) is 3.57. The van der Waals surface area contributed by atoms with E-state index in [9.17, 15) is 0 Å². The number of aryl methyl sites for hydroxylation is 1. The molecule has 1 aromatic carbocycles. The van der Waals surface area contributed by atoms with Crippen LogP contribution in [-0.2, 0) is 6.42 Å². The van der Waals surface area contributed by atoms with E-state index >= 15 is 0 Å². The monoisotopic (exact) mass is 189 g/mol. The highest BCUT2D eigenvalue weighted by molar-refractivity contribution is 5.51. The van der Waals surface area contributed by atoms with Crippen LogP contribution >= 0.6 is 0 Å². The van der Waals surface area contributed by atoms with Crippen LogP contribution in [0.2, 0.25) is 0 Å². The Kier molecular flexibility index (Phi) is 2.49. The predicted octanol–water partition coefficient (Wildman–Crippen LogP) is 3.46. The molecule has 0 atom stereocenters. The lowest BCUT2D eigenvalue weighted by Crippen LogP contribution is -2.12. The highest BCUT2D eigenvalue weighted by Crippen LogP contribution is 2.44. The molecule has 0 saturated heterocycles. The van der Waals surface area contributed by atoms with Gasteiger partial charge in [0.1, 0.15) is 0 Å². The van der Waals surface area contributed by atoms with Gasteiger partial charge < -0.3 is 5.32 Å². The zero-order valence-electron chi connectivity index (χ0n) is 9.14. The van der Waals surface area contributed by atoms with Gasteiger partial charge in [-0.1, -0.05) is 32.0 Å². The van der Waals surface area contributed by atoms with Gasteiger partial charge in [-0.2, -0.15) is 0 Å². The summed E-state index contributed by atoms with van der Waals surface area (Å²) in [7, 11) is 0. The van der Waals surface area contributed by atoms with Crippen molar-refractivity contribution in [2.75, 3.05) is 11.9 Å². The molecular formula is C13H19N. The van der Waals surface area contributed by atoms with Crippen molar-refractivity contribution in [2.45, 2.75) is 33.1 Å². The van der Waals surface area contributed by atoms with Crippen LogP contribution in [0.4, 0.5) is 5.69 Å². The highest BCUT2D eigenvalue weighted by atomic mass is 14.9. The van der Waals surface area contributed by atoms with Crippen molar-refractivity contribution in [1.82, 2.24) is 0 Å². The van der Waals surface area contributed by atoms with E-state index in [4.69, 9.17) is 0 Å². The molecule has 1 heteroatoms. The first-order valence-corrected chi connectivity index (χ1v) is 5.55. The number of hydrogen-bond donors (Lipinski definition) is 1. The van der Waals surface area contributed by atoms with E-state index in [2.05, 4.69) is 43.4 Å². The minimum atomic E-state index is 0.584. The molecule has 0 aliphatic heterocycles. The van der Waals surface area contributed by atoms with Gasteiger partial charge in [0.25, 0.3) is 0 Å². The van der Waals surface area contributed by atoms with Gasteiger partial charge in [-0.15, -0.1) is 0 Å². The van der Waals surface area contributed by atoms with Crippen LogP contribution in [0.15, 0.2) is 24.3 Å². The number of hydrogen-bond acceptors (Lipinski definition) is 1. The van der Waals surface area contributed by atoms with E-state index in [-0.39, 0.29) is 0 Å². The second-order valence-corrected chi connectivity index (χ2v) is 4.67. The van der Waals surface area contributed by atoms with E-state index in [1.54, 1.807) is 0 Å². The first kappa shape index (κ1) is 9.57. The standard InChI is InChI=1S/C13H19N/c1-3-11-6-4-5-7-12(11)14-10-13(2)8-9-13/h4-7,14H,3,8-10H2,1-2H3. The van der Waals surface area contributed by atoms with Crippen molar-refractivity contribution in [3.8, 4) is 0 Å². The average Bonchev–Trinajstić information content (AvgIpc) is 2.95. The summed E-state index contributed by atoms with van der Waals surface area (Å²) in [5.74, 6) is 0. The lowest BCUT2D eigenvalue weighted by atomic mass is 10.1. The number of rotatable bonds is 4. The van der Waals surface area contributed by atoms with Gasteiger partial charge in [0.05, 0.1) is 0 Å². The van der Waals surface area contributed by atoms with E-state index in [1.165, 1.54) is 24.1 Å². The van der Waals surface area contributed by atoms with Crippen LogP contribution < -0.4 is 5.32 Å². The average molecular weight is 189 g/mol. The second kappa shape index (κ2) is 3.64. The molecule has 1 fully saturated rings. The van der Waals surface area contributed by atoms with Crippen LogP contribution in [0.5, 0.6) is 0 Å². The van der Waals surface area contributed by atoms with Gasteiger partial charge in [-0.25, -0.2) is 0 Å². The number of anilines is 1. The molecular weight excluding hydrogens is 170 g/mol. The van der Waals surface area contributed by atoms with E-state index in [1.807, 2.05) is 0 Å². The fraction of sp³-hybridized carbons (Fsp3) is 0.538. The largest absolute Gasteiger partial charge is 0.384 e. The zero-order valence-corrected chi connectivity index (χ0v) is 9.14. The minimum Gasteiger partial charge on any atom is -0.384 e. The Hall–Kier alpha value is -0.980. The maximum Gasteiger partial charge on any atom is 0.0372 e. The first-order valence-electron chi connectivity index (χ1n) is 5.55. The van der Waals surface area contributed by atoms with Crippen molar-refractivity contribution >= 4 is 5.69 Å². The second-order valence-electron chi connectivity index (χ2n) is 4.67. The van der Waals surface area contributed by atoms with Crippen molar-refractivity contribution in [1.29, 1.82) is 0 Å². The summed E-state index contributed by atoms with van der Waals surface area (Å²) >= 11 is 0. The van der Waals surface area contributed by atoms with E-state index in [0.717, 1.165) is 13.0 Å². The number of nitrogens with one attached hydrogen (secondary N) is 1. The van der Waals surface area contributed by atoms with Gasteiger partial charge in [-0.3, -0.25) is 0 Å². The molecule has 1 nitrogen and oxygen atoms in total. The number of benzene rings is 1. The Balaban J connectivity index is 2.00. The molecule has 0 bridgehead atoms. The lowest BCUT2D eigenvalue weighted by molar-refractivity contribution is 0.610. The molecule has 1 N–H and O–H groups in total. The summed E-state index contributed by atoms with van der Waals surface area (Å²) in [6.07, 6.45) is 3.88. The maximum absolute atomic E-state index is 3.57. The Labute approximate surface area is 86.5 Å². The quantitative estimate of drug-likeness (QED) is 0.764. The van der Waals surface area contributed by atoms with Gasteiger partial charge >= 0.3 is 0 Å². The predicted molar refractivity (Wildman–Crippen MR) is 61.7 cm³/mol. The minimum absolute atomic E-state index is 0.584. The molecule has 1 aromatic rings. The van der Waals surface area contributed by atoms with Crippen LogP contribution in [-0.4, -0.2) is 6.54 Å². The fourth-order valence-corrected chi connectivity index (χ4v) is 1.70. The third kappa shape index (κ3) is 2.09. The smallest absolute Gasteiger partial charge is 0.0372 e. The number of para-hydroxylation sites is 1. The van der Waals surface area contributed by atoms with Crippen molar-refractivity contribution in [2.24, 2.45) is 5.41 Å². The molecule has 0 aromatic heterocycles. The van der Waals surface area contributed by atoms with Crippen LogP contribution in [0.1, 0.15) is 32.3 Å². The maximum atomic E-state index is 3.57. The Morgan fingerprint density at radius 2 is 2.00 bits per heavy atom. The molecule has 0 amide bonds. The highest BCUT2D eigenvalue weighted by Gasteiger charge is 2.36. The Morgan fingerprint density at radius 1 is 1.29 bits per heavy atom. The van der Waals surface area contributed by atoms with Crippen molar-refractivity contribution < 1.29 is 0 Å². The van der Waals surface area contributed by atoms with Crippen LogP contribution in [0, 0.1) is 5.41 Å². The van der Waals surface area contributed by atoms with E-state index < -0.39 is 0 Å². The molecule has 76 valence electrons. The van der Waals surface area contributed by atoms with Gasteiger partial charge in [-0.05, 0) is 36.3 Å². The topological polar surface area (TPSA) is 12.0 Å². The molecule has 1 saturated carbocycles. The first-order chi connectivity index (χ1) is 6.73. The summed E-state index contributed by atoms with van der Waals surface area (Å²) in [4.78, 5) is 0. The van der Waals surface area contributed by atoms with Crippen LogP contribution in [0.3, 0.4) is 0 Å². The third-order valence-electron chi connectivity index (χ3n) is 3.21. The molecule has 0 unspecified atom stereocenters. The Bertz CT molecular complexity index is 313. The van der Waals surface area contributed by atoms with Crippen LogP contribution in [0.25, 0.3) is 0 Å². The van der Waals surface area contributed by atoms with E-state index in [0.29, 0.717) is 5.41 Å². The molecule has 0 heterocycles. The summed E-state index contributed by atoms with van der Waals surface area (Å²) in [5.41, 5.74) is 3.33. The molecule has 2 rings (SSSR count). The summed E-state index contributed by atoms with van der Waals surface area (Å²) < 4.78 is 0. The Morgan fingerprint density at radius 3 is 2.64 bits per heavy atom. The fourth-order valence-electron chi connectivity index (χ4n) is 1.70. The molecule has 14 heavy (non-hydrogen) atoms. The molecule has 1 aliphatic rings. The zero-order chi connectivity index (χ0) is 10.0. The van der Waals surface area contributed by atoms with Gasteiger partial charge in [0, 0.05) is 12.2 Å². The third-order valence-corrected chi connectivity index (χ3v) is 3.21. The van der Waals surface area contributed by atoms with Gasteiger partial charge in [0.15, 0.2) is 0 Å². The van der Waals surface area contributed by atoms with Gasteiger partial charge in [0.2, 0.25) is 0 Å². The summed E-state index contributed by atoms with van der Waals surface area (Å²) in [6, 6.07) is 8.61. The van der Waals surface area contributed by atoms with Crippen molar-refractivity contribution in [3.63, 3.8) is 0 Å². The lowest BCUT2D eigenvalue weighted by Gasteiger charge is -2.14. The van der Waals surface area contributed by atoms with Crippen molar-refractivity contribution in [3.05, 3.63) is 29.8 Å². The molecule has 0 radical (unpaired) electrons. The SMILES string of the molecule is CCc1ccccc1NCC1(C)CC1.